The summed E-state index contributed by atoms with van der Waals surface area (Å²) in [6.45, 7) is 7.91. The number of anilines is 2. The molecule has 2 aromatic rings. The minimum absolute atomic E-state index is 0.783. The molecule has 0 saturated carbocycles. The molecule has 0 amide bonds. The van der Waals surface area contributed by atoms with Gasteiger partial charge in [0, 0.05) is 57.4 Å². The molecule has 0 spiro atoms. The Balaban J connectivity index is 1.72. The van der Waals surface area contributed by atoms with Gasteiger partial charge in [-0.05, 0) is 25.1 Å². The van der Waals surface area contributed by atoms with Crippen LogP contribution in [0.5, 0.6) is 0 Å². The molecule has 0 atom stereocenters. The number of aryl methyl sites for hydroxylation is 1. The predicted molar refractivity (Wildman–Crippen MR) is 93.2 cm³/mol. The smallest absolute Gasteiger partial charge is 0.0995 e. The first-order chi connectivity index (χ1) is 11.2. The second-order valence-corrected chi connectivity index (χ2v) is 6.03. The van der Waals surface area contributed by atoms with Gasteiger partial charge in [0.25, 0.3) is 0 Å². The van der Waals surface area contributed by atoms with Gasteiger partial charge in [0.05, 0.1) is 24.3 Å². The van der Waals surface area contributed by atoms with Gasteiger partial charge in [-0.25, -0.2) is 4.98 Å². The number of rotatable bonds is 5. The van der Waals surface area contributed by atoms with Gasteiger partial charge >= 0.3 is 0 Å². The van der Waals surface area contributed by atoms with E-state index in [4.69, 9.17) is 10.5 Å². The average molecular weight is 315 g/mol. The number of nitrogens with two attached hydrogens (primary N) is 1. The van der Waals surface area contributed by atoms with E-state index in [2.05, 4.69) is 26.9 Å². The molecular weight excluding hydrogens is 290 g/mol. The van der Waals surface area contributed by atoms with Gasteiger partial charge in [-0.15, -0.1) is 0 Å². The predicted octanol–water partition coefficient (Wildman–Crippen LogP) is 1.53. The van der Waals surface area contributed by atoms with E-state index in [1.165, 1.54) is 5.69 Å². The lowest BCUT2D eigenvalue weighted by Crippen LogP contribution is -2.47. The molecule has 2 N–H and O–H groups in total. The summed E-state index contributed by atoms with van der Waals surface area (Å²) in [5.74, 6) is 0. The van der Waals surface area contributed by atoms with Crippen molar-refractivity contribution in [2.45, 2.75) is 6.92 Å². The zero-order valence-electron chi connectivity index (χ0n) is 13.9. The largest absolute Gasteiger partial charge is 0.399 e. The van der Waals surface area contributed by atoms with Crippen LogP contribution in [0.2, 0.25) is 0 Å². The molecule has 6 nitrogen and oxygen atoms in total. The lowest BCUT2D eigenvalue weighted by atomic mass is 10.2. The van der Waals surface area contributed by atoms with Crippen LogP contribution in [-0.2, 0) is 4.74 Å². The number of nitrogens with zero attached hydrogens (tertiary/aromatic N) is 4. The zero-order valence-corrected chi connectivity index (χ0v) is 13.9. The first-order valence-electron chi connectivity index (χ1n) is 8.03. The van der Waals surface area contributed by atoms with Crippen LogP contribution in [0.3, 0.4) is 0 Å². The standard InChI is InChI=1S/C17H25N5O/c1-14-12-22(13-19-14)17-10-15(18)9-16(11-17)21-5-3-20(4-6-21)7-8-23-2/h9-13H,3-8,18H2,1-2H3. The Morgan fingerprint density at radius 2 is 1.87 bits per heavy atom. The molecule has 1 aliphatic heterocycles. The molecule has 0 bridgehead atoms. The van der Waals surface area contributed by atoms with E-state index < -0.39 is 0 Å². The van der Waals surface area contributed by atoms with Crippen molar-refractivity contribution in [2.24, 2.45) is 0 Å². The molecule has 124 valence electrons. The van der Waals surface area contributed by atoms with Crippen LogP contribution in [-0.4, -0.2) is 60.9 Å². The number of benzene rings is 1. The number of nitrogen functional groups attached to an aromatic ring is 1. The van der Waals surface area contributed by atoms with E-state index in [-0.39, 0.29) is 0 Å². The SMILES string of the molecule is COCCN1CCN(c2cc(N)cc(-n3cnc(C)c3)c2)CC1. The highest BCUT2D eigenvalue weighted by atomic mass is 16.5. The van der Waals surface area contributed by atoms with Crippen LogP contribution in [0.25, 0.3) is 5.69 Å². The summed E-state index contributed by atoms with van der Waals surface area (Å²) < 4.78 is 7.18. The topological polar surface area (TPSA) is 59.6 Å². The van der Waals surface area contributed by atoms with E-state index >= 15 is 0 Å². The van der Waals surface area contributed by atoms with E-state index in [0.717, 1.165) is 56.4 Å². The van der Waals surface area contributed by atoms with E-state index in [9.17, 15) is 0 Å². The Hall–Kier alpha value is -2.05. The molecule has 6 heteroatoms. The molecular formula is C17H25N5O. The second kappa shape index (κ2) is 7.02. The van der Waals surface area contributed by atoms with Crippen LogP contribution in [0.1, 0.15) is 5.69 Å². The molecule has 1 fully saturated rings. The molecule has 23 heavy (non-hydrogen) atoms. The molecule has 1 saturated heterocycles. The van der Waals surface area contributed by atoms with Gasteiger partial charge in [0.1, 0.15) is 0 Å². The normalized spacial score (nSPS) is 16.0. The van der Waals surface area contributed by atoms with Crippen molar-refractivity contribution >= 4 is 11.4 Å². The molecule has 3 rings (SSSR count). The first kappa shape index (κ1) is 15.8. The van der Waals surface area contributed by atoms with E-state index in [0.29, 0.717) is 0 Å². The molecule has 1 aromatic carbocycles. The van der Waals surface area contributed by atoms with E-state index in [1.807, 2.05) is 30.1 Å². The maximum absolute atomic E-state index is 6.12. The lowest BCUT2D eigenvalue weighted by molar-refractivity contribution is 0.144. The zero-order chi connectivity index (χ0) is 16.2. The number of hydrogen-bond donors (Lipinski definition) is 1. The monoisotopic (exact) mass is 315 g/mol. The summed E-state index contributed by atoms with van der Waals surface area (Å²) in [5, 5.41) is 0. The highest BCUT2D eigenvalue weighted by molar-refractivity contribution is 5.63. The number of imidazole rings is 1. The Kier molecular flexibility index (Phi) is 4.83. The summed E-state index contributed by atoms with van der Waals surface area (Å²) in [5.41, 5.74) is 10.1. The summed E-state index contributed by atoms with van der Waals surface area (Å²) in [6, 6.07) is 6.22. The third-order valence-corrected chi connectivity index (χ3v) is 4.28. The maximum atomic E-state index is 6.12. The Labute approximate surface area is 137 Å². The fourth-order valence-corrected chi connectivity index (χ4v) is 2.96. The van der Waals surface area contributed by atoms with Crippen LogP contribution in [0.4, 0.5) is 11.4 Å². The number of piperazine rings is 1. The highest BCUT2D eigenvalue weighted by Crippen LogP contribution is 2.24. The van der Waals surface area contributed by atoms with Crippen molar-refractivity contribution in [1.82, 2.24) is 14.5 Å². The number of hydrogen-bond acceptors (Lipinski definition) is 5. The van der Waals surface area contributed by atoms with Crippen molar-refractivity contribution in [1.29, 1.82) is 0 Å². The van der Waals surface area contributed by atoms with Crippen molar-refractivity contribution in [3.63, 3.8) is 0 Å². The summed E-state index contributed by atoms with van der Waals surface area (Å²) in [7, 11) is 1.75. The van der Waals surface area contributed by atoms with Crippen molar-refractivity contribution in [3.8, 4) is 5.69 Å². The number of ether oxygens (including phenoxy) is 1. The second-order valence-electron chi connectivity index (χ2n) is 6.03. The van der Waals surface area contributed by atoms with Gasteiger partial charge in [-0.2, -0.15) is 0 Å². The highest BCUT2D eigenvalue weighted by Gasteiger charge is 2.17. The van der Waals surface area contributed by atoms with Crippen LogP contribution < -0.4 is 10.6 Å². The molecule has 1 aliphatic rings. The lowest BCUT2D eigenvalue weighted by Gasteiger charge is -2.36. The van der Waals surface area contributed by atoms with Gasteiger partial charge in [-0.1, -0.05) is 0 Å². The van der Waals surface area contributed by atoms with Crippen molar-refractivity contribution in [2.75, 3.05) is 57.1 Å². The van der Waals surface area contributed by atoms with Crippen molar-refractivity contribution in [3.05, 3.63) is 36.4 Å². The van der Waals surface area contributed by atoms with E-state index in [1.54, 1.807) is 7.11 Å². The summed E-state index contributed by atoms with van der Waals surface area (Å²) in [6.07, 6.45) is 3.85. The van der Waals surface area contributed by atoms with Gasteiger partial charge in [-0.3, -0.25) is 4.90 Å². The molecule has 0 radical (unpaired) electrons. The first-order valence-corrected chi connectivity index (χ1v) is 8.03. The fourth-order valence-electron chi connectivity index (χ4n) is 2.96. The molecule has 1 aromatic heterocycles. The Bertz CT molecular complexity index is 646. The quantitative estimate of drug-likeness (QED) is 0.848. The summed E-state index contributed by atoms with van der Waals surface area (Å²) in [4.78, 5) is 9.13. The van der Waals surface area contributed by atoms with Gasteiger partial charge < -0.3 is 19.9 Å². The van der Waals surface area contributed by atoms with Gasteiger partial charge in [0.2, 0.25) is 0 Å². The summed E-state index contributed by atoms with van der Waals surface area (Å²) >= 11 is 0. The molecule has 0 aliphatic carbocycles. The Morgan fingerprint density at radius 1 is 1.13 bits per heavy atom. The minimum atomic E-state index is 0.783. The fraction of sp³-hybridized carbons (Fsp3) is 0.471. The number of aromatic nitrogens is 2. The third kappa shape index (κ3) is 3.83. The third-order valence-electron chi connectivity index (χ3n) is 4.28. The van der Waals surface area contributed by atoms with Gasteiger partial charge in [0.15, 0.2) is 0 Å². The minimum Gasteiger partial charge on any atom is -0.399 e. The average Bonchev–Trinajstić information content (AvgIpc) is 2.99. The molecule has 0 unspecified atom stereocenters. The van der Waals surface area contributed by atoms with Crippen LogP contribution in [0.15, 0.2) is 30.7 Å². The van der Waals surface area contributed by atoms with Crippen LogP contribution >= 0.6 is 0 Å². The van der Waals surface area contributed by atoms with Crippen LogP contribution in [0, 0.1) is 6.92 Å². The maximum Gasteiger partial charge on any atom is 0.0995 e. The Morgan fingerprint density at radius 3 is 2.52 bits per heavy atom. The van der Waals surface area contributed by atoms with Crippen molar-refractivity contribution < 1.29 is 4.74 Å². The number of methoxy groups -OCH3 is 1. The molecule has 2 heterocycles.